The molecule has 0 aliphatic carbocycles. The third kappa shape index (κ3) is 7.11. The summed E-state index contributed by atoms with van der Waals surface area (Å²) >= 11 is 3.53. The molecule has 0 atom stereocenters. The quantitative estimate of drug-likeness (QED) is 0.139. The van der Waals surface area contributed by atoms with E-state index in [9.17, 15) is 10.1 Å². The molecule has 34 heavy (non-hydrogen) atoms. The van der Waals surface area contributed by atoms with Crippen molar-refractivity contribution in [1.82, 2.24) is 0 Å². The van der Waals surface area contributed by atoms with Crippen molar-refractivity contribution >= 4 is 33.5 Å². The van der Waals surface area contributed by atoms with E-state index in [4.69, 9.17) is 18.9 Å². The van der Waals surface area contributed by atoms with Gasteiger partial charge in [0.1, 0.15) is 24.7 Å². The van der Waals surface area contributed by atoms with Crippen LogP contribution in [0.1, 0.15) is 12.5 Å². The van der Waals surface area contributed by atoms with E-state index in [-0.39, 0.29) is 5.69 Å². The molecule has 178 valence electrons. The number of hydrogen-bond donors (Lipinski definition) is 1. The van der Waals surface area contributed by atoms with Crippen molar-refractivity contribution in [2.45, 2.75) is 6.92 Å². The predicted molar refractivity (Wildman–Crippen MR) is 134 cm³/mol. The number of nitro benzene ring substituents is 1. The van der Waals surface area contributed by atoms with Crippen LogP contribution in [-0.4, -0.2) is 38.1 Å². The first kappa shape index (κ1) is 24.8. The number of non-ortho nitro benzene ring substituents is 1. The average molecular weight is 530 g/mol. The second kappa shape index (κ2) is 12.4. The molecule has 0 saturated heterocycles. The molecule has 0 aliphatic rings. The van der Waals surface area contributed by atoms with Gasteiger partial charge in [0.2, 0.25) is 0 Å². The van der Waals surface area contributed by atoms with Gasteiger partial charge in [-0.25, -0.2) is 0 Å². The van der Waals surface area contributed by atoms with Crippen LogP contribution in [0, 0.1) is 10.1 Å². The molecule has 0 aliphatic heterocycles. The molecule has 0 unspecified atom stereocenters. The van der Waals surface area contributed by atoms with E-state index in [0.29, 0.717) is 47.2 Å². The first-order valence-corrected chi connectivity index (χ1v) is 11.2. The highest BCUT2D eigenvalue weighted by Crippen LogP contribution is 2.36. The van der Waals surface area contributed by atoms with Gasteiger partial charge < -0.3 is 18.9 Å². The summed E-state index contributed by atoms with van der Waals surface area (Å²) in [5, 5.41) is 14.9. The van der Waals surface area contributed by atoms with Gasteiger partial charge in [-0.1, -0.05) is 6.07 Å². The molecular weight excluding hydrogens is 506 g/mol. The van der Waals surface area contributed by atoms with Gasteiger partial charge in [-0.3, -0.25) is 15.5 Å². The molecule has 3 aromatic carbocycles. The van der Waals surface area contributed by atoms with Crippen LogP contribution in [0.4, 0.5) is 11.4 Å². The van der Waals surface area contributed by atoms with Crippen LogP contribution in [0.2, 0.25) is 0 Å². The second-order valence-corrected chi connectivity index (χ2v) is 7.67. The van der Waals surface area contributed by atoms with E-state index in [1.807, 2.05) is 37.3 Å². The highest BCUT2D eigenvalue weighted by molar-refractivity contribution is 9.10. The Morgan fingerprint density at radius 3 is 2.47 bits per heavy atom. The first-order chi connectivity index (χ1) is 16.5. The lowest BCUT2D eigenvalue weighted by Gasteiger charge is -2.15. The first-order valence-electron chi connectivity index (χ1n) is 10.4. The lowest BCUT2D eigenvalue weighted by atomic mass is 10.2. The second-order valence-electron chi connectivity index (χ2n) is 6.81. The molecule has 0 fully saturated rings. The van der Waals surface area contributed by atoms with Crippen LogP contribution in [-0.2, 0) is 0 Å². The van der Waals surface area contributed by atoms with Gasteiger partial charge in [-0.2, -0.15) is 5.10 Å². The Kier molecular flexibility index (Phi) is 9.10. The van der Waals surface area contributed by atoms with Gasteiger partial charge in [0, 0.05) is 18.2 Å². The molecule has 1 N–H and O–H groups in total. The summed E-state index contributed by atoms with van der Waals surface area (Å²) < 4.78 is 23.3. The summed E-state index contributed by atoms with van der Waals surface area (Å²) in [6, 6.07) is 17.0. The monoisotopic (exact) mass is 529 g/mol. The van der Waals surface area contributed by atoms with E-state index in [1.165, 1.54) is 12.1 Å². The number of nitrogens with one attached hydrogen (secondary N) is 1. The molecule has 0 spiro atoms. The lowest BCUT2D eigenvalue weighted by molar-refractivity contribution is -0.384. The number of ether oxygens (including phenoxy) is 4. The van der Waals surface area contributed by atoms with Gasteiger partial charge in [0.05, 0.1) is 35.0 Å². The lowest BCUT2D eigenvalue weighted by Crippen LogP contribution is -2.10. The maximum absolute atomic E-state index is 10.7. The van der Waals surface area contributed by atoms with Gasteiger partial charge >= 0.3 is 0 Å². The Labute approximate surface area is 205 Å². The number of benzene rings is 3. The Morgan fingerprint density at radius 1 is 1.03 bits per heavy atom. The molecule has 0 radical (unpaired) electrons. The van der Waals surface area contributed by atoms with Crippen LogP contribution in [0.3, 0.4) is 0 Å². The molecule has 0 amide bonds. The standard InChI is InChI=1S/C24H24BrN3O6/c1-3-32-23-14-17(16-26-27-18-7-9-19(10-8-18)28(29)30)13-22(25)24(23)34-12-11-33-21-6-4-5-20(15-21)31-2/h4-10,13-16,27H,3,11-12H2,1-2H3/b26-16-. The molecule has 9 nitrogen and oxygen atoms in total. The van der Waals surface area contributed by atoms with Gasteiger partial charge in [-0.05, 0) is 64.8 Å². The van der Waals surface area contributed by atoms with Gasteiger partial charge in [-0.15, -0.1) is 0 Å². The third-order valence-corrected chi connectivity index (χ3v) is 5.05. The zero-order chi connectivity index (χ0) is 24.3. The van der Waals surface area contributed by atoms with Crippen LogP contribution in [0.25, 0.3) is 0 Å². The van der Waals surface area contributed by atoms with Gasteiger partial charge in [0.25, 0.3) is 5.69 Å². The number of anilines is 1. The molecule has 10 heteroatoms. The zero-order valence-electron chi connectivity index (χ0n) is 18.7. The van der Waals surface area contributed by atoms with Crippen LogP contribution >= 0.6 is 15.9 Å². The minimum Gasteiger partial charge on any atom is -0.497 e. The van der Waals surface area contributed by atoms with Gasteiger partial charge in [0.15, 0.2) is 11.5 Å². The maximum atomic E-state index is 10.7. The highest BCUT2D eigenvalue weighted by atomic mass is 79.9. The normalized spacial score (nSPS) is 10.7. The smallest absolute Gasteiger partial charge is 0.269 e. The molecule has 3 aromatic rings. The Bertz CT molecular complexity index is 1140. The molecule has 0 saturated carbocycles. The van der Waals surface area contributed by atoms with E-state index in [2.05, 4.69) is 26.5 Å². The third-order valence-electron chi connectivity index (χ3n) is 4.46. The average Bonchev–Trinajstić information content (AvgIpc) is 2.83. The number of methoxy groups -OCH3 is 1. The minimum absolute atomic E-state index is 0.0179. The number of halogens is 1. The molecular formula is C24H24BrN3O6. The summed E-state index contributed by atoms with van der Waals surface area (Å²) in [7, 11) is 1.61. The Hall–Kier alpha value is -3.79. The number of nitro groups is 1. The maximum Gasteiger partial charge on any atom is 0.269 e. The molecule has 0 bridgehead atoms. The van der Waals surface area contributed by atoms with Crippen LogP contribution < -0.4 is 24.4 Å². The largest absolute Gasteiger partial charge is 0.497 e. The van der Waals surface area contributed by atoms with Crippen molar-refractivity contribution < 1.29 is 23.9 Å². The van der Waals surface area contributed by atoms with Crippen LogP contribution in [0.5, 0.6) is 23.0 Å². The van der Waals surface area contributed by atoms with E-state index in [0.717, 1.165) is 11.3 Å². The molecule has 0 aromatic heterocycles. The van der Waals surface area contributed by atoms with Crippen molar-refractivity contribution in [2.24, 2.45) is 5.10 Å². The predicted octanol–water partition coefficient (Wildman–Crippen LogP) is 5.67. The topological polar surface area (TPSA) is 104 Å². The van der Waals surface area contributed by atoms with Crippen molar-refractivity contribution in [3.63, 3.8) is 0 Å². The van der Waals surface area contributed by atoms with Crippen molar-refractivity contribution in [3.8, 4) is 23.0 Å². The summed E-state index contributed by atoms with van der Waals surface area (Å²) in [4.78, 5) is 10.3. The van der Waals surface area contributed by atoms with E-state index < -0.39 is 4.92 Å². The summed E-state index contributed by atoms with van der Waals surface area (Å²) in [5.74, 6) is 2.55. The van der Waals surface area contributed by atoms with Crippen molar-refractivity contribution in [2.75, 3.05) is 32.4 Å². The number of nitrogens with zero attached hydrogens (tertiary/aromatic N) is 2. The fourth-order valence-corrected chi connectivity index (χ4v) is 3.47. The Balaban J connectivity index is 1.61. The van der Waals surface area contributed by atoms with Crippen LogP contribution in [0.15, 0.2) is 70.2 Å². The Morgan fingerprint density at radius 2 is 1.76 bits per heavy atom. The SMILES string of the molecule is CCOc1cc(/C=N\Nc2ccc([N+](=O)[O-])cc2)cc(Br)c1OCCOc1cccc(OC)c1. The highest BCUT2D eigenvalue weighted by Gasteiger charge is 2.12. The number of hydrazone groups is 1. The summed E-state index contributed by atoms with van der Waals surface area (Å²) in [5.41, 5.74) is 4.26. The minimum atomic E-state index is -0.450. The fourth-order valence-electron chi connectivity index (χ4n) is 2.90. The van der Waals surface area contributed by atoms with Crippen molar-refractivity contribution in [1.29, 1.82) is 0 Å². The van der Waals surface area contributed by atoms with Crippen molar-refractivity contribution in [3.05, 3.63) is 80.8 Å². The zero-order valence-corrected chi connectivity index (χ0v) is 20.3. The summed E-state index contributed by atoms with van der Waals surface area (Å²) in [6.45, 7) is 3.00. The number of hydrogen-bond acceptors (Lipinski definition) is 8. The fraction of sp³-hybridized carbons (Fsp3) is 0.208. The molecule has 3 rings (SSSR count). The number of rotatable bonds is 12. The van der Waals surface area contributed by atoms with E-state index >= 15 is 0 Å². The van der Waals surface area contributed by atoms with E-state index in [1.54, 1.807) is 31.5 Å². The summed E-state index contributed by atoms with van der Waals surface area (Å²) in [6.07, 6.45) is 1.62. The molecule has 0 heterocycles.